The Morgan fingerprint density at radius 2 is 2.00 bits per heavy atom. The number of aromatic nitrogens is 1. The number of rotatable bonds is 6. The van der Waals surface area contributed by atoms with E-state index < -0.39 is 0 Å². The van der Waals surface area contributed by atoms with Gasteiger partial charge >= 0.3 is 0 Å². The van der Waals surface area contributed by atoms with Gasteiger partial charge in [-0.25, -0.2) is 4.98 Å². The van der Waals surface area contributed by atoms with Crippen LogP contribution in [0.2, 0.25) is 0 Å². The molecule has 3 aromatic rings. The smallest absolute Gasteiger partial charge is 0.258 e. The molecule has 124 valence electrons. The number of carbonyl (C=O) groups is 1. The maximum Gasteiger partial charge on any atom is 0.258 e. The van der Waals surface area contributed by atoms with Gasteiger partial charge in [-0.3, -0.25) is 4.79 Å². The predicted molar refractivity (Wildman–Crippen MR) is 98.7 cm³/mol. The number of hydrogen-bond donors (Lipinski definition) is 1. The highest BCUT2D eigenvalue weighted by Gasteiger charge is 2.11. The Hall–Kier alpha value is -2.18. The highest BCUT2D eigenvalue weighted by Crippen LogP contribution is 2.30. The number of hydrogen-bond acceptors (Lipinski definition) is 5. The van der Waals surface area contributed by atoms with Crippen LogP contribution in [-0.2, 0) is 11.3 Å². The van der Waals surface area contributed by atoms with Gasteiger partial charge in [0.15, 0.2) is 6.61 Å². The molecule has 24 heavy (non-hydrogen) atoms. The summed E-state index contributed by atoms with van der Waals surface area (Å²) < 4.78 is 5.48. The number of aryl methyl sites for hydroxylation is 2. The lowest BCUT2D eigenvalue weighted by Gasteiger charge is -2.07. The maximum absolute atomic E-state index is 12.0. The molecular weight excluding hydrogens is 340 g/mol. The van der Waals surface area contributed by atoms with Gasteiger partial charge in [-0.05, 0) is 37.4 Å². The van der Waals surface area contributed by atoms with Crippen LogP contribution in [0.4, 0.5) is 0 Å². The number of ether oxygens (including phenoxy) is 1. The molecule has 0 aliphatic carbocycles. The molecule has 2 aromatic heterocycles. The molecule has 0 aliphatic heterocycles. The fourth-order valence-electron chi connectivity index (χ4n) is 2.11. The second kappa shape index (κ2) is 7.59. The second-order valence-electron chi connectivity index (χ2n) is 5.38. The van der Waals surface area contributed by atoms with Crippen molar-refractivity contribution in [3.05, 3.63) is 57.9 Å². The van der Waals surface area contributed by atoms with Gasteiger partial charge in [0.1, 0.15) is 10.8 Å². The number of nitrogens with one attached hydrogen (secondary N) is 1. The average molecular weight is 358 g/mol. The fraction of sp³-hybridized carbons (Fsp3) is 0.222. The summed E-state index contributed by atoms with van der Waals surface area (Å²) in [5.41, 5.74) is 2.12. The summed E-state index contributed by atoms with van der Waals surface area (Å²) in [5.74, 6) is 0.561. The van der Waals surface area contributed by atoms with Gasteiger partial charge in [0, 0.05) is 4.88 Å². The Morgan fingerprint density at radius 3 is 2.71 bits per heavy atom. The lowest BCUT2D eigenvalue weighted by molar-refractivity contribution is -0.123. The van der Waals surface area contributed by atoms with Gasteiger partial charge in [-0.2, -0.15) is 0 Å². The third-order valence-corrected chi connectivity index (χ3v) is 5.66. The molecule has 0 unspecified atom stereocenters. The molecule has 0 bridgehead atoms. The summed E-state index contributed by atoms with van der Waals surface area (Å²) in [5, 5.41) is 5.93. The van der Waals surface area contributed by atoms with E-state index in [0.717, 1.165) is 26.0 Å². The normalized spacial score (nSPS) is 10.6. The van der Waals surface area contributed by atoms with E-state index in [1.165, 1.54) is 0 Å². The van der Waals surface area contributed by atoms with Gasteiger partial charge in [0.2, 0.25) is 0 Å². The molecule has 0 aliphatic rings. The highest BCUT2D eigenvalue weighted by atomic mass is 32.1. The van der Waals surface area contributed by atoms with E-state index >= 15 is 0 Å². The number of benzene rings is 1. The number of carbonyl (C=O) groups excluding carboxylic acids is 1. The maximum atomic E-state index is 12.0. The van der Waals surface area contributed by atoms with Crippen molar-refractivity contribution in [2.75, 3.05) is 6.61 Å². The van der Waals surface area contributed by atoms with E-state index in [1.807, 2.05) is 49.6 Å². The zero-order valence-corrected chi connectivity index (χ0v) is 15.2. The molecular formula is C18H18N2O2S2. The Kier molecular flexibility index (Phi) is 5.27. The zero-order valence-electron chi connectivity index (χ0n) is 13.5. The van der Waals surface area contributed by atoms with Crippen molar-refractivity contribution in [3.8, 4) is 15.6 Å². The van der Waals surface area contributed by atoms with E-state index in [0.29, 0.717) is 12.3 Å². The van der Waals surface area contributed by atoms with Crippen molar-refractivity contribution in [3.63, 3.8) is 0 Å². The summed E-state index contributed by atoms with van der Waals surface area (Å²) >= 11 is 3.29. The molecule has 0 fully saturated rings. The second-order valence-corrected chi connectivity index (χ2v) is 7.41. The lowest BCUT2D eigenvalue weighted by Crippen LogP contribution is -2.28. The van der Waals surface area contributed by atoms with Gasteiger partial charge in [-0.1, -0.05) is 23.8 Å². The number of thiazole rings is 1. The van der Waals surface area contributed by atoms with E-state index in [-0.39, 0.29) is 12.5 Å². The highest BCUT2D eigenvalue weighted by molar-refractivity contribution is 7.21. The van der Waals surface area contributed by atoms with Gasteiger partial charge in [-0.15, -0.1) is 22.7 Å². The monoisotopic (exact) mass is 358 g/mol. The van der Waals surface area contributed by atoms with Crippen molar-refractivity contribution in [2.45, 2.75) is 20.4 Å². The fourth-order valence-corrected chi connectivity index (χ4v) is 3.91. The minimum atomic E-state index is -0.138. The first-order valence-corrected chi connectivity index (χ1v) is 9.28. The van der Waals surface area contributed by atoms with Gasteiger partial charge in [0.05, 0.1) is 17.1 Å². The first-order valence-electron chi connectivity index (χ1n) is 7.58. The molecule has 2 heterocycles. The van der Waals surface area contributed by atoms with Crippen LogP contribution in [0.3, 0.4) is 0 Å². The molecule has 0 atom stereocenters. The molecule has 6 heteroatoms. The van der Waals surface area contributed by atoms with Crippen molar-refractivity contribution >= 4 is 28.6 Å². The molecule has 0 radical (unpaired) electrons. The van der Waals surface area contributed by atoms with E-state index in [1.54, 1.807) is 22.7 Å². The van der Waals surface area contributed by atoms with Crippen molar-refractivity contribution < 1.29 is 9.53 Å². The van der Waals surface area contributed by atoms with Crippen molar-refractivity contribution in [2.24, 2.45) is 0 Å². The summed E-state index contributed by atoms with van der Waals surface area (Å²) in [6, 6.07) is 11.7. The topological polar surface area (TPSA) is 51.2 Å². The first kappa shape index (κ1) is 16.7. The van der Waals surface area contributed by atoms with Crippen LogP contribution in [0, 0.1) is 13.8 Å². The summed E-state index contributed by atoms with van der Waals surface area (Å²) in [7, 11) is 0. The summed E-state index contributed by atoms with van der Waals surface area (Å²) in [4.78, 5) is 18.8. The minimum absolute atomic E-state index is 0.0126. The molecule has 3 rings (SSSR count). The SMILES string of the molecule is Cc1ccc(OCC(=O)NCc2sc(-c3cccs3)nc2C)cc1. The number of nitrogens with zero attached hydrogens (tertiary/aromatic N) is 1. The molecule has 0 saturated heterocycles. The molecule has 1 aromatic carbocycles. The number of amides is 1. The summed E-state index contributed by atoms with van der Waals surface area (Å²) in [6.07, 6.45) is 0. The zero-order chi connectivity index (χ0) is 16.9. The van der Waals surface area contributed by atoms with Gasteiger partial charge < -0.3 is 10.1 Å². The standard InChI is InChI=1S/C18H18N2O2S2/c1-12-5-7-14(8-6-12)22-11-17(21)19-10-16-13(2)20-18(24-16)15-4-3-9-23-15/h3-9H,10-11H2,1-2H3,(H,19,21). The van der Waals surface area contributed by atoms with Crippen LogP contribution in [0.1, 0.15) is 16.1 Å². The third-order valence-electron chi connectivity index (χ3n) is 3.46. The van der Waals surface area contributed by atoms with Crippen LogP contribution in [0.25, 0.3) is 9.88 Å². The summed E-state index contributed by atoms with van der Waals surface area (Å²) in [6.45, 7) is 4.47. The van der Waals surface area contributed by atoms with E-state index in [4.69, 9.17) is 4.74 Å². The van der Waals surface area contributed by atoms with Crippen molar-refractivity contribution in [1.29, 1.82) is 0 Å². The molecule has 1 amide bonds. The minimum Gasteiger partial charge on any atom is -0.484 e. The van der Waals surface area contributed by atoms with Crippen LogP contribution in [-0.4, -0.2) is 17.5 Å². The molecule has 0 spiro atoms. The van der Waals surface area contributed by atoms with Gasteiger partial charge in [0.25, 0.3) is 5.91 Å². The Labute approximate surface area is 149 Å². The van der Waals surface area contributed by atoms with E-state index in [9.17, 15) is 4.79 Å². The van der Waals surface area contributed by atoms with Crippen LogP contribution in [0.15, 0.2) is 41.8 Å². The average Bonchev–Trinajstić information content (AvgIpc) is 3.22. The quantitative estimate of drug-likeness (QED) is 0.719. The Balaban J connectivity index is 1.52. The van der Waals surface area contributed by atoms with Crippen LogP contribution in [0.5, 0.6) is 5.75 Å². The Bertz CT molecular complexity index is 808. The molecule has 4 nitrogen and oxygen atoms in total. The molecule has 1 N–H and O–H groups in total. The Morgan fingerprint density at radius 1 is 1.21 bits per heavy atom. The van der Waals surface area contributed by atoms with Crippen LogP contribution >= 0.6 is 22.7 Å². The van der Waals surface area contributed by atoms with Crippen LogP contribution < -0.4 is 10.1 Å². The lowest BCUT2D eigenvalue weighted by atomic mass is 10.2. The van der Waals surface area contributed by atoms with E-state index in [2.05, 4.69) is 16.4 Å². The molecule has 0 saturated carbocycles. The first-order chi connectivity index (χ1) is 11.6. The largest absolute Gasteiger partial charge is 0.484 e. The predicted octanol–water partition coefficient (Wildman–Crippen LogP) is 4.18. The third kappa shape index (κ3) is 4.21. The van der Waals surface area contributed by atoms with Crippen molar-refractivity contribution in [1.82, 2.24) is 10.3 Å². The number of thiophene rings is 1.